The highest BCUT2D eigenvalue weighted by Crippen LogP contribution is 2.41. The zero-order valence-electron chi connectivity index (χ0n) is 46.3. The molecule has 72 heavy (non-hydrogen) atoms. The summed E-state index contributed by atoms with van der Waals surface area (Å²) in [7, 11) is 0. The predicted molar refractivity (Wildman–Crippen MR) is 263 cm³/mol. The summed E-state index contributed by atoms with van der Waals surface area (Å²) >= 11 is -2.20. The van der Waals surface area contributed by atoms with Gasteiger partial charge in [-0.3, -0.25) is 33.6 Å². The van der Waals surface area contributed by atoms with Gasteiger partial charge < -0.3 is 51.9 Å². The van der Waals surface area contributed by atoms with Crippen molar-refractivity contribution in [3.8, 4) is 0 Å². The number of carbonyl (C=O) groups excluding carboxylic acids is 7. The molecule has 0 aliphatic carbocycles. The van der Waals surface area contributed by atoms with Gasteiger partial charge in [0.05, 0.1) is 37.9 Å². The van der Waals surface area contributed by atoms with Crippen molar-refractivity contribution in [2.24, 2.45) is 37.9 Å². The predicted octanol–water partition coefficient (Wildman–Crippen LogP) is 7.60. The second-order valence-electron chi connectivity index (χ2n) is 25.6. The Morgan fingerprint density at radius 1 is 0.417 bits per heavy atom. The highest BCUT2D eigenvalue weighted by molar-refractivity contribution is 7.92. The molecule has 18 nitrogen and oxygen atoms in total. The average molecular weight is 1040 g/mol. The minimum atomic E-state index is -2.20. The Kier molecular flexibility index (Phi) is 19.9. The summed E-state index contributed by atoms with van der Waals surface area (Å²) in [4.78, 5) is 97.7. The molecule has 2 heterocycles. The van der Waals surface area contributed by atoms with Gasteiger partial charge in [0.1, 0.15) is 31.5 Å². The van der Waals surface area contributed by atoms with E-state index in [0.717, 1.165) is 0 Å². The molecule has 1 unspecified atom stereocenters. The molecule has 11 atom stereocenters. The van der Waals surface area contributed by atoms with Crippen LogP contribution >= 0.6 is 0 Å². The summed E-state index contributed by atoms with van der Waals surface area (Å²) in [5.41, 5.74) is -9.73. The van der Waals surface area contributed by atoms with Crippen molar-refractivity contribution < 1.29 is 85.5 Å². The number of hydrogen-bond acceptors (Lipinski definition) is 18. The zero-order chi connectivity index (χ0) is 55.5. The van der Waals surface area contributed by atoms with E-state index in [0.29, 0.717) is 0 Å². The maximum Gasteiger partial charge on any atom is 0.311 e. The molecule has 2 saturated heterocycles. The van der Waals surface area contributed by atoms with Gasteiger partial charge in [-0.25, -0.2) is 0 Å². The number of hydrogen-bond donors (Lipinski definition) is 0. The lowest BCUT2D eigenvalue weighted by Crippen LogP contribution is -2.68. The highest BCUT2D eigenvalue weighted by Gasteiger charge is 2.61. The second-order valence-corrected chi connectivity index (χ2v) is 27.1. The number of benzene rings is 1. The normalized spacial score (nSPS) is 26.0. The van der Waals surface area contributed by atoms with Gasteiger partial charge in [0.2, 0.25) is 6.10 Å². The standard InChI is InChI=1S/C53H82O18S/c1-47(2,3)40(54)62-27-30-33(67-42(56)49(7,8)9)34(68-43(57)50(10,11)12)36(70-45(59)52(16,17)18)38(64-30)66-32-31(28-63-41(55)48(4,5)6)65-39(72(61)29-25-23-22-24-26-29)37(71-46(60)53(19,20)21)35(32)69-44(58)51(13,14)15/h22-26,30-39H,27-28H2,1-21H3/t30-,31-,32-,33-,34+,35+,36-,37-,38+,39+,72?/m1/s1. The van der Waals surface area contributed by atoms with E-state index in [1.807, 2.05) is 0 Å². The minimum absolute atomic E-state index is 0.238. The van der Waals surface area contributed by atoms with Crippen LogP contribution in [-0.2, 0) is 92.1 Å². The van der Waals surface area contributed by atoms with Crippen molar-refractivity contribution in [2.75, 3.05) is 13.2 Å². The van der Waals surface area contributed by atoms with Crippen LogP contribution in [0, 0.1) is 37.9 Å². The molecule has 2 aliphatic heterocycles. The summed E-state index contributed by atoms with van der Waals surface area (Å²) in [5, 5.41) is 0. The van der Waals surface area contributed by atoms with Crippen LogP contribution in [-0.4, -0.2) is 120 Å². The topological polar surface area (TPSA) is 235 Å². The Bertz CT molecular complexity index is 2070. The number of rotatable bonds is 13. The molecule has 3 rings (SSSR count). The van der Waals surface area contributed by atoms with E-state index in [2.05, 4.69) is 0 Å². The second kappa shape index (κ2) is 23.1. The van der Waals surface area contributed by atoms with E-state index in [1.54, 1.807) is 176 Å². The molecular weight excluding hydrogens is 957 g/mol. The molecule has 0 saturated carbocycles. The fraction of sp³-hybridized carbons (Fsp3) is 0.755. The van der Waals surface area contributed by atoms with E-state index < -0.39 is 165 Å². The third-order valence-electron chi connectivity index (χ3n) is 10.9. The van der Waals surface area contributed by atoms with Gasteiger partial charge in [-0.2, -0.15) is 0 Å². The van der Waals surface area contributed by atoms with Crippen molar-refractivity contribution in [3.05, 3.63) is 30.3 Å². The third-order valence-corrected chi connectivity index (χ3v) is 12.5. The maximum atomic E-state index is 14.8. The van der Waals surface area contributed by atoms with E-state index in [4.69, 9.17) is 47.4 Å². The lowest BCUT2D eigenvalue weighted by Gasteiger charge is -2.49. The Morgan fingerprint density at radius 3 is 1.08 bits per heavy atom. The summed E-state index contributed by atoms with van der Waals surface area (Å²) in [5.74, 6) is -5.53. The summed E-state index contributed by atoms with van der Waals surface area (Å²) in [6, 6.07) is 8.11. The molecule has 19 heteroatoms. The van der Waals surface area contributed by atoms with Crippen molar-refractivity contribution in [3.63, 3.8) is 0 Å². The van der Waals surface area contributed by atoms with Crippen molar-refractivity contribution in [1.82, 2.24) is 0 Å². The van der Waals surface area contributed by atoms with E-state index in [1.165, 1.54) is 0 Å². The first-order valence-corrected chi connectivity index (χ1v) is 25.5. The molecule has 1 aromatic carbocycles. The molecule has 0 radical (unpaired) electrons. The summed E-state index contributed by atoms with van der Waals surface area (Å²) in [6.07, 6.45) is -15.6. The molecule has 1 aromatic rings. The Balaban J connectivity index is 2.53. The molecule has 0 N–H and O–H groups in total. The van der Waals surface area contributed by atoms with Gasteiger partial charge >= 0.3 is 41.8 Å². The van der Waals surface area contributed by atoms with Gasteiger partial charge in [-0.1, -0.05) is 18.2 Å². The van der Waals surface area contributed by atoms with Crippen LogP contribution in [0.5, 0.6) is 0 Å². The van der Waals surface area contributed by atoms with E-state index >= 15 is 0 Å². The first kappa shape index (κ1) is 62.0. The Hall–Kier alpha value is -4.30. The zero-order valence-corrected chi connectivity index (χ0v) is 47.1. The maximum absolute atomic E-state index is 14.8. The highest BCUT2D eigenvalue weighted by atomic mass is 32.2. The smallest absolute Gasteiger partial charge is 0.311 e. The monoisotopic (exact) mass is 1040 g/mol. The van der Waals surface area contributed by atoms with Gasteiger partial charge in [-0.15, -0.1) is 0 Å². The van der Waals surface area contributed by atoms with Crippen LogP contribution in [0.1, 0.15) is 145 Å². The largest absolute Gasteiger partial charge is 0.609 e. The van der Waals surface area contributed by atoms with Gasteiger partial charge in [0, 0.05) is 11.2 Å². The Labute approximate surface area is 429 Å². The lowest BCUT2D eigenvalue weighted by molar-refractivity contribution is -0.344. The minimum Gasteiger partial charge on any atom is -0.609 e. The third kappa shape index (κ3) is 16.9. The number of ether oxygens (including phenoxy) is 10. The quantitative estimate of drug-likeness (QED) is 0.105. The van der Waals surface area contributed by atoms with Crippen LogP contribution in [0.25, 0.3) is 0 Å². The van der Waals surface area contributed by atoms with Crippen molar-refractivity contribution in [2.45, 2.75) is 211 Å². The number of carbonyl (C=O) groups is 7. The lowest BCUT2D eigenvalue weighted by atomic mass is 9.92. The van der Waals surface area contributed by atoms with E-state index in [-0.39, 0.29) is 4.90 Å². The summed E-state index contributed by atoms with van der Waals surface area (Å²) < 4.78 is 77.8. The molecule has 0 aromatic heterocycles. The summed E-state index contributed by atoms with van der Waals surface area (Å²) in [6.45, 7) is 32.1. The fourth-order valence-corrected chi connectivity index (χ4v) is 7.62. The molecular formula is C53H82O18S. The molecule has 2 fully saturated rings. The van der Waals surface area contributed by atoms with E-state index in [9.17, 15) is 38.1 Å². The average Bonchev–Trinajstić information content (AvgIpc) is 3.22. The number of esters is 7. The van der Waals surface area contributed by atoms with Crippen LogP contribution in [0.2, 0.25) is 0 Å². The molecule has 0 spiro atoms. The van der Waals surface area contributed by atoms with Crippen LogP contribution < -0.4 is 0 Å². The van der Waals surface area contributed by atoms with Gasteiger partial charge in [0.15, 0.2) is 35.6 Å². The van der Waals surface area contributed by atoms with Gasteiger partial charge in [-0.05, 0) is 158 Å². The molecule has 408 valence electrons. The first-order chi connectivity index (χ1) is 32.5. The Morgan fingerprint density at radius 2 is 0.722 bits per heavy atom. The SMILES string of the molecule is CC(C)(C)C(=O)OC[C@H]1O[C@@H]([S+]([O-])c2ccccc2)[C@H](OC(=O)C(C)(C)C)[C@@H](OC(=O)C(C)(C)C)[C@@H]1O[C@@H]1O[C@H](COC(=O)C(C)(C)C)[C@@H](OC(=O)C(C)(C)C)[C@H](OC(=O)C(C)(C)C)[C@H]1OC(=O)C(C)(C)C. The van der Waals surface area contributed by atoms with Crippen molar-refractivity contribution in [1.29, 1.82) is 0 Å². The van der Waals surface area contributed by atoms with Crippen LogP contribution in [0.15, 0.2) is 35.2 Å². The molecule has 0 bridgehead atoms. The van der Waals surface area contributed by atoms with Crippen molar-refractivity contribution >= 4 is 53.0 Å². The fourth-order valence-electron chi connectivity index (χ4n) is 6.23. The molecule has 2 aliphatic rings. The van der Waals surface area contributed by atoms with Crippen LogP contribution in [0.3, 0.4) is 0 Å². The van der Waals surface area contributed by atoms with Gasteiger partial charge in [0.25, 0.3) is 5.44 Å². The molecule has 0 amide bonds. The van der Waals surface area contributed by atoms with Crippen LogP contribution in [0.4, 0.5) is 0 Å². The first-order valence-electron chi connectivity index (χ1n) is 24.3.